The maximum absolute atomic E-state index is 13.8. The lowest BCUT2D eigenvalue weighted by molar-refractivity contribution is -0.127. The first-order valence-corrected chi connectivity index (χ1v) is 11.5. The molecule has 2 aromatic carbocycles. The number of hydrogen-bond donors (Lipinski definition) is 2. The molecule has 2 N–H and O–H groups in total. The number of carbonyl (C=O) groups excluding carboxylic acids is 3. The van der Waals surface area contributed by atoms with Gasteiger partial charge in [0.25, 0.3) is 5.91 Å². The van der Waals surface area contributed by atoms with Gasteiger partial charge in [-0.1, -0.05) is 36.4 Å². The van der Waals surface area contributed by atoms with Gasteiger partial charge in [0.1, 0.15) is 11.9 Å². The molecule has 2 heterocycles. The number of carbonyl (C=O) groups is 3. The minimum atomic E-state index is -0.721. The van der Waals surface area contributed by atoms with Crippen molar-refractivity contribution in [2.24, 2.45) is 0 Å². The van der Waals surface area contributed by atoms with Gasteiger partial charge in [-0.25, -0.2) is 9.37 Å². The molecule has 5 rings (SSSR count). The fourth-order valence-electron chi connectivity index (χ4n) is 4.04. The lowest BCUT2D eigenvalue weighted by Gasteiger charge is -2.24. The SMILES string of the molecule is O=C(CNC(=O)C1c2ccccc2C(=O)N1C1CC1)Nc1ncc(Cc2ccccc2F)s1. The highest BCUT2D eigenvalue weighted by molar-refractivity contribution is 7.15. The van der Waals surface area contributed by atoms with Gasteiger partial charge in [-0.3, -0.25) is 14.4 Å². The largest absolute Gasteiger partial charge is 0.345 e. The molecule has 1 saturated carbocycles. The Morgan fingerprint density at radius 1 is 1.12 bits per heavy atom. The van der Waals surface area contributed by atoms with Crippen molar-refractivity contribution in [2.75, 3.05) is 11.9 Å². The number of anilines is 1. The summed E-state index contributed by atoms with van der Waals surface area (Å²) in [6.07, 6.45) is 3.73. The molecule has 0 radical (unpaired) electrons. The van der Waals surface area contributed by atoms with E-state index >= 15 is 0 Å². The number of thiazole rings is 1. The van der Waals surface area contributed by atoms with E-state index < -0.39 is 11.9 Å². The van der Waals surface area contributed by atoms with Crippen molar-refractivity contribution >= 4 is 34.2 Å². The van der Waals surface area contributed by atoms with E-state index in [2.05, 4.69) is 15.6 Å². The van der Waals surface area contributed by atoms with Gasteiger partial charge in [0.2, 0.25) is 11.8 Å². The molecule has 168 valence electrons. The van der Waals surface area contributed by atoms with Crippen molar-refractivity contribution in [3.63, 3.8) is 0 Å². The van der Waals surface area contributed by atoms with Gasteiger partial charge in [-0.15, -0.1) is 11.3 Å². The van der Waals surface area contributed by atoms with Gasteiger partial charge in [0.05, 0.1) is 6.54 Å². The Balaban J connectivity index is 1.19. The van der Waals surface area contributed by atoms with Crippen LogP contribution in [0.5, 0.6) is 0 Å². The molecule has 1 aromatic heterocycles. The van der Waals surface area contributed by atoms with E-state index in [1.165, 1.54) is 17.4 Å². The molecule has 3 aromatic rings. The smallest absolute Gasteiger partial charge is 0.255 e. The molecule has 0 bridgehead atoms. The molecule has 1 fully saturated rings. The number of aromatic nitrogens is 1. The van der Waals surface area contributed by atoms with Gasteiger partial charge in [0, 0.05) is 29.1 Å². The van der Waals surface area contributed by atoms with Crippen molar-refractivity contribution in [1.29, 1.82) is 0 Å². The van der Waals surface area contributed by atoms with Crippen molar-refractivity contribution in [1.82, 2.24) is 15.2 Å². The van der Waals surface area contributed by atoms with Crippen molar-refractivity contribution in [3.05, 3.63) is 82.1 Å². The number of amides is 3. The standard InChI is InChI=1S/C24H21FN4O3S/c25-19-8-4-1-5-14(19)11-16-12-27-24(33-16)28-20(30)13-26-22(31)21-17-6-2-3-7-18(17)23(32)29(21)15-9-10-15/h1-8,12,15,21H,9-11,13H2,(H,26,31)(H,27,28,30). The Bertz CT molecular complexity index is 1240. The maximum atomic E-state index is 13.8. The molecule has 7 nitrogen and oxygen atoms in total. The zero-order valence-electron chi connectivity index (χ0n) is 17.6. The third-order valence-corrected chi connectivity index (χ3v) is 6.65. The Hall–Kier alpha value is -3.59. The fourth-order valence-corrected chi connectivity index (χ4v) is 4.89. The highest BCUT2D eigenvalue weighted by atomic mass is 32.1. The molecule has 9 heteroatoms. The van der Waals surface area contributed by atoms with E-state index in [0.29, 0.717) is 28.2 Å². The predicted molar refractivity (Wildman–Crippen MR) is 121 cm³/mol. The number of nitrogens with zero attached hydrogens (tertiary/aromatic N) is 2. The van der Waals surface area contributed by atoms with Crippen molar-refractivity contribution in [3.8, 4) is 0 Å². The minimum Gasteiger partial charge on any atom is -0.345 e. The molecule has 2 aliphatic rings. The third kappa shape index (κ3) is 4.36. The second-order valence-corrected chi connectivity index (χ2v) is 9.21. The number of benzene rings is 2. The summed E-state index contributed by atoms with van der Waals surface area (Å²) in [6, 6.07) is 13.0. The maximum Gasteiger partial charge on any atom is 0.255 e. The van der Waals surface area contributed by atoms with E-state index in [1.54, 1.807) is 53.6 Å². The number of hydrogen-bond acceptors (Lipinski definition) is 5. The molecular weight excluding hydrogens is 443 g/mol. The quantitative estimate of drug-likeness (QED) is 0.561. The average molecular weight is 465 g/mol. The first kappa shape index (κ1) is 21.3. The summed E-state index contributed by atoms with van der Waals surface area (Å²) in [7, 11) is 0. The lowest BCUT2D eigenvalue weighted by atomic mass is 10.0. The summed E-state index contributed by atoms with van der Waals surface area (Å²) in [5.41, 5.74) is 1.77. The molecular formula is C24H21FN4O3S. The summed E-state index contributed by atoms with van der Waals surface area (Å²) in [5.74, 6) is -1.23. The van der Waals surface area contributed by atoms with Crippen LogP contribution >= 0.6 is 11.3 Å². The predicted octanol–water partition coefficient (Wildman–Crippen LogP) is 3.29. The van der Waals surface area contributed by atoms with Gasteiger partial charge in [-0.05, 0) is 36.1 Å². The van der Waals surface area contributed by atoms with Crippen LogP contribution in [0.4, 0.5) is 9.52 Å². The minimum absolute atomic E-state index is 0.0673. The number of nitrogens with one attached hydrogen (secondary N) is 2. The fraction of sp³-hybridized carbons (Fsp3) is 0.250. The average Bonchev–Trinajstić information content (AvgIpc) is 3.49. The van der Waals surface area contributed by atoms with Gasteiger partial charge in [-0.2, -0.15) is 0 Å². The summed E-state index contributed by atoms with van der Waals surface area (Å²) in [5, 5.41) is 5.69. The number of rotatable bonds is 7. The Morgan fingerprint density at radius 3 is 2.67 bits per heavy atom. The van der Waals surface area contributed by atoms with Crippen LogP contribution in [0.1, 0.15) is 45.2 Å². The normalized spacial score (nSPS) is 17.1. The summed E-state index contributed by atoms with van der Waals surface area (Å²) in [6.45, 7) is -0.244. The van der Waals surface area contributed by atoms with E-state index in [4.69, 9.17) is 0 Å². The Kier molecular flexibility index (Phi) is 5.63. The van der Waals surface area contributed by atoms with Crippen molar-refractivity contribution < 1.29 is 18.8 Å². The van der Waals surface area contributed by atoms with E-state index in [1.807, 2.05) is 0 Å². The van der Waals surface area contributed by atoms with Gasteiger partial charge in [0.15, 0.2) is 5.13 Å². The Labute approximate surface area is 193 Å². The van der Waals surface area contributed by atoms with Crippen LogP contribution < -0.4 is 10.6 Å². The Morgan fingerprint density at radius 2 is 1.88 bits per heavy atom. The monoisotopic (exact) mass is 464 g/mol. The molecule has 1 aliphatic carbocycles. The summed E-state index contributed by atoms with van der Waals surface area (Å²) >= 11 is 1.25. The topological polar surface area (TPSA) is 91.4 Å². The van der Waals surface area contributed by atoms with Crippen LogP contribution in [0.2, 0.25) is 0 Å². The van der Waals surface area contributed by atoms with Crippen LogP contribution in [0.15, 0.2) is 54.7 Å². The van der Waals surface area contributed by atoms with E-state index in [0.717, 1.165) is 17.7 Å². The zero-order valence-corrected chi connectivity index (χ0v) is 18.4. The van der Waals surface area contributed by atoms with Crippen LogP contribution in [-0.4, -0.2) is 40.2 Å². The van der Waals surface area contributed by atoms with Crippen LogP contribution in [0.3, 0.4) is 0 Å². The van der Waals surface area contributed by atoms with E-state index in [-0.39, 0.29) is 30.2 Å². The molecule has 1 aliphatic heterocycles. The zero-order chi connectivity index (χ0) is 22.9. The molecule has 1 atom stereocenters. The molecule has 0 spiro atoms. The van der Waals surface area contributed by atoms with E-state index in [9.17, 15) is 18.8 Å². The summed E-state index contributed by atoms with van der Waals surface area (Å²) < 4.78 is 13.8. The second-order valence-electron chi connectivity index (χ2n) is 8.10. The molecule has 1 unspecified atom stereocenters. The van der Waals surface area contributed by atoms with Crippen molar-refractivity contribution in [2.45, 2.75) is 31.3 Å². The lowest BCUT2D eigenvalue weighted by Crippen LogP contribution is -2.42. The second kappa shape index (κ2) is 8.74. The molecule has 0 saturated heterocycles. The number of halogens is 1. The highest BCUT2D eigenvalue weighted by Gasteiger charge is 2.47. The highest BCUT2D eigenvalue weighted by Crippen LogP contribution is 2.41. The van der Waals surface area contributed by atoms with Crippen LogP contribution in [0, 0.1) is 5.82 Å². The molecule has 3 amide bonds. The van der Waals surface area contributed by atoms with Gasteiger partial charge < -0.3 is 15.5 Å². The van der Waals surface area contributed by atoms with Gasteiger partial charge >= 0.3 is 0 Å². The van der Waals surface area contributed by atoms with Crippen LogP contribution in [-0.2, 0) is 16.0 Å². The number of fused-ring (bicyclic) bond motifs is 1. The third-order valence-electron chi connectivity index (χ3n) is 5.73. The first-order chi connectivity index (χ1) is 16.0. The van der Waals surface area contributed by atoms with Crippen LogP contribution in [0.25, 0.3) is 0 Å². The first-order valence-electron chi connectivity index (χ1n) is 10.7. The summed E-state index contributed by atoms with van der Waals surface area (Å²) in [4.78, 5) is 44.7. The molecule has 33 heavy (non-hydrogen) atoms.